The van der Waals surface area contributed by atoms with Gasteiger partial charge in [0.15, 0.2) is 5.37 Å². The summed E-state index contributed by atoms with van der Waals surface area (Å²) in [6, 6.07) is 13.7. The molecule has 0 saturated carbocycles. The highest BCUT2D eigenvalue weighted by Crippen LogP contribution is 2.30. The number of anilines is 1. The molecular formula is C18H16N2O4S. The second-order valence-corrected chi connectivity index (χ2v) is 6.71. The minimum atomic E-state index is -1.02. The molecule has 0 aliphatic carbocycles. The molecule has 128 valence electrons. The highest BCUT2D eigenvalue weighted by atomic mass is 32.2. The van der Waals surface area contributed by atoms with Gasteiger partial charge < -0.3 is 10.4 Å². The number of thioether (sulfide) groups is 1. The lowest BCUT2D eigenvalue weighted by Gasteiger charge is -2.16. The number of hydrogen-bond acceptors (Lipinski definition) is 5. The number of amides is 2. The molecular weight excluding hydrogens is 340 g/mol. The number of imide groups is 1. The van der Waals surface area contributed by atoms with Crippen LogP contribution in [-0.4, -0.2) is 32.5 Å². The van der Waals surface area contributed by atoms with Crippen molar-refractivity contribution < 1.29 is 19.5 Å². The van der Waals surface area contributed by atoms with Gasteiger partial charge in [0.25, 0.3) is 11.1 Å². The van der Waals surface area contributed by atoms with E-state index in [1.807, 2.05) is 31.2 Å². The average molecular weight is 356 g/mol. The summed E-state index contributed by atoms with van der Waals surface area (Å²) >= 11 is 0.945. The van der Waals surface area contributed by atoms with Crippen LogP contribution in [0.25, 0.3) is 0 Å². The minimum Gasteiger partial charge on any atom is -0.478 e. The summed E-state index contributed by atoms with van der Waals surface area (Å²) < 4.78 is 0. The van der Waals surface area contributed by atoms with E-state index in [9.17, 15) is 14.4 Å². The van der Waals surface area contributed by atoms with E-state index < -0.39 is 11.3 Å². The molecule has 1 aliphatic rings. The third kappa shape index (κ3) is 3.66. The number of nitrogens with one attached hydrogen (secondary N) is 1. The van der Waals surface area contributed by atoms with Crippen LogP contribution in [-0.2, 0) is 11.3 Å². The first-order valence-electron chi connectivity index (χ1n) is 7.62. The fraction of sp³-hybridized carbons (Fsp3) is 0.167. The molecule has 2 aromatic carbocycles. The van der Waals surface area contributed by atoms with Crippen LogP contribution in [0.4, 0.5) is 10.5 Å². The van der Waals surface area contributed by atoms with E-state index in [2.05, 4.69) is 5.32 Å². The maximum absolute atomic E-state index is 12.5. The Kier molecular flexibility index (Phi) is 4.76. The Morgan fingerprint density at radius 3 is 2.48 bits per heavy atom. The number of hydrogen-bond donors (Lipinski definition) is 2. The molecule has 1 atom stereocenters. The zero-order chi connectivity index (χ0) is 18.0. The third-order valence-corrected chi connectivity index (χ3v) is 4.88. The fourth-order valence-electron chi connectivity index (χ4n) is 2.49. The van der Waals surface area contributed by atoms with Crippen LogP contribution in [0.5, 0.6) is 0 Å². The van der Waals surface area contributed by atoms with Gasteiger partial charge >= 0.3 is 5.97 Å². The van der Waals surface area contributed by atoms with Crippen LogP contribution >= 0.6 is 11.8 Å². The average Bonchev–Trinajstić information content (AvgIpc) is 2.85. The Balaban J connectivity index is 1.71. The maximum atomic E-state index is 12.5. The standard InChI is InChI=1S/C18H16N2O4S/c1-11-4-2-3-5-14(11)19-15-16(21)20(18(24)25-15)10-12-6-8-13(9-7-12)17(22)23/h2-9,15,19H,10H2,1H3,(H,22,23)/t15-/m1/s1. The van der Waals surface area contributed by atoms with Crippen molar-refractivity contribution in [2.24, 2.45) is 0 Å². The Hall–Kier alpha value is -2.80. The molecule has 2 amide bonds. The summed E-state index contributed by atoms with van der Waals surface area (Å²) in [4.78, 5) is 36.8. The molecule has 7 heteroatoms. The number of aromatic carboxylic acids is 1. The number of benzene rings is 2. The van der Waals surface area contributed by atoms with E-state index in [4.69, 9.17) is 5.11 Å². The smallest absolute Gasteiger partial charge is 0.335 e. The summed E-state index contributed by atoms with van der Waals surface area (Å²) in [5.41, 5.74) is 2.67. The molecule has 0 radical (unpaired) electrons. The predicted octanol–water partition coefficient (Wildman–Crippen LogP) is 3.33. The summed E-state index contributed by atoms with van der Waals surface area (Å²) in [5, 5.41) is 11.0. The van der Waals surface area contributed by atoms with Crippen LogP contribution in [0.1, 0.15) is 21.5 Å². The van der Waals surface area contributed by atoms with Crippen molar-refractivity contribution in [1.82, 2.24) is 4.90 Å². The van der Waals surface area contributed by atoms with Gasteiger partial charge in [-0.2, -0.15) is 0 Å². The Morgan fingerprint density at radius 2 is 1.84 bits per heavy atom. The topological polar surface area (TPSA) is 86.7 Å². The quantitative estimate of drug-likeness (QED) is 0.855. The Bertz CT molecular complexity index is 835. The SMILES string of the molecule is Cc1ccccc1N[C@@H]1SC(=O)N(Cc2ccc(C(=O)O)cc2)C1=O. The maximum Gasteiger partial charge on any atom is 0.335 e. The highest BCUT2D eigenvalue weighted by Gasteiger charge is 2.39. The predicted molar refractivity (Wildman–Crippen MR) is 95.5 cm³/mol. The van der Waals surface area contributed by atoms with Gasteiger partial charge in [-0.3, -0.25) is 14.5 Å². The van der Waals surface area contributed by atoms with Gasteiger partial charge in [0.1, 0.15) is 0 Å². The first kappa shape index (κ1) is 17.0. The first-order chi connectivity index (χ1) is 12.0. The zero-order valence-corrected chi connectivity index (χ0v) is 14.2. The molecule has 2 aromatic rings. The molecule has 0 spiro atoms. The zero-order valence-electron chi connectivity index (χ0n) is 13.4. The summed E-state index contributed by atoms with van der Waals surface area (Å²) in [6.07, 6.45) is 0. The van der Waals surface area contributed by atoms with Crippen molar-refractivity contribution in [2.75, 3.05) is 5.32 Å². The number of carbonyl (C=O) groups is 3. The van der Waals surface area contributed by atoms with Crippen LogP contribution in [0.15, 0.2) is 48.5 Å². The number of nitrogens with zero attached hydrogens (tertiary/aromatic N) is 1. The van der Waals surface area contributed by atoms with Gasteiger partial charge in [-0.1, -0.05) is 30.3 Å². The molecule has 1 aliphatic heterocycles. The lowest BCUT2D eigenvalue weighted by atomic mass is 10.1. The molecule has 1 heterocycles. The van der Waals surface area contributed by atoms with Gasteiger partial charge in [0.2, 0.25) is 0 Å². The number of rotatable bonds is 5. The van der Waals surface area contributed by atoms with Gasteiger partial charge in [-0.25, -0.2) is 4.79 Å². The Labute approximate surface area is 148 Å². The molecule has 0 aromatic heterocycles. The molecule has 1 fully saturated rings. The molecule has 6 nitrogen and oxygen atoms in total. The number of carboxylic acids is 1. The highest BCUT2D eigenvalue weighted by molar-refractivity contribution is 8.15. The van der Waals surface area contributed by atoms with Crippen LogP contribution in [0.3, 0.4) is 0 Å². The number of para-hydroxylation sites is 1. The van der Waals surface area contributed by atoms with Gasteiger partial charge in [-0.15, -0.1) is 0 Å². The largest absolute Gasteiger partial charge is 0.478 e. The van der Waals surface area contributed by atoms with Crippen molar-refractivity contribution in [1.29, 1.82) is 0 Å². The molecule has 25 heavy (non-hydrogen) atoms. The van der Waals surface area contributed by atoms with E-state index in [0.717, 1.165) is 23.0 Å². The van der Waals surface area contributed by atoms with Gasteiger partial charge in [0, 0.05) is 5.69 Å². The fourth-order valence-corrected chi connectivity index (χ4v) is 3.39. The number of carbonyl (C=O) groups excluding carboxylic acids is 2. The van der Waals surface area contributed by atoms with E-state index in [-0.39, 0.29) is 23.3 Å². The summed E-state index contributed by atoms with van der Waals surface area (Å²) in [5.74, 6) is -1.32. The molecule has 3 rings (SSSR count). The normalized spacial score (nSPS) is 17.0. The molecule has 0 unspecified atom stereocenters. The van der Waals surface area contributed by atoms with Crippen LogP contribution in [0.2, 0.25) is 0 Å². The third-order valence-electron chi connectivity index (χ3n) is 3.90. The monoisotopic (exact) mass is 356 g/mol. The van der Waals surface area contributed by atoms with Crippen molar-refractivity contribution in [2.45, 2.75) is 18.8 Å². The molecule has 2 N–H and O–H groups in total. The Morgan fingerprint density at radius 1 is 1.16 bits per heavy atom. The molecule has 0 bridgehead atoms. The van der Waals surface area contributed by atoms with Crippen molar-refractivity contribution in [3.05, 3.63) is 65.2 Å². The van der Waals surface area contributed by atoms with E-state index in [0.29, 0.717) is 5.56 Å². The number of carboxylic acid groups (broad SMARTS) is 1. The lowest BCUT2D eigenvalue weighted by molar-refractivity contribution is -0.126. The number of aryl methyl sites for hydroxylation is 1. The van der Waals surface area contributed by atoms with Crippen molar-refractivity contribution in [3.8, 4) is 0 Å². The van der Waals surface area contributed by atoms with Gasteiger partial charge in [-0.05, 0) is 48.0 Å². The summed E-state index contributed by atoms with van der Waals surface area (Å²) in [7, 11) is 0. The summed E-state index contributed by atoms with van der Waals surface area (Å²) in [6.45, 7) is 2.05. The van der Waals surface area contributed by atoms with Crippen molar-refractivity contribution in [3.63, 3.8) is 0 Å². The second-order valence-electron chi connectivity index (χ2n) is 5.65. The minimum absolute atomic E-state index is 0.122. The van der Waals surface area contributed by atoms with Crippen molar-refractivity contribution >= 4 is 34.6 Å². The lowest BCUT2D eigenvalue weighted by Crippen LogP contribution is -2.34. The molecule has 1 saturated heterocycles. The van der Waals surface area contributed by atoms with Gasteiger partial charge in [0.05, 0.1) is 12.1 Å². The first-order valence-corrected chi connectivity index (χ1v) is 8.50. The second kappa shape index (κ2) is 6.98. The van der Waals surface area contributed by atoms with E-state index in [1.165, 1.54) is 17.0 Å². The van der Waals surface area contributed by atoms with Crippen LogP contribution in [0, 0.1) is 6.92 Å². The van der Waals surface area contributed by atoms with Crippen LogP contribution < -0.4 is 5.32 Å². The van der Waals surface area contributed by atoms with E-state index >= 15 is 0 Å². The van der Waals surface area contributed by atoms with E-state index in [1.54, 1.807) is 12.1 Å².